The van der Waals surface area contributed by atoms with Crippen molar-refractivity contribution in [1.82, 2.24) is 0 Å². The van der Waals surface area contributed by atoms with Gasteiger partial charge in [0.05, 0.1) is 4.34 Å². The molecule has 1 aliphatic heterocycles. The maximum atomic E-state index is 15.8. The molecule has 3 aromatic rings. The molecule has 0 amide bonds. The molecule has 0 unspecified atom stereocenters. The second-order valence-electron chi connectivity index (χ2n) is 9.49. The van der Waals surface area contributed by atoms with Gasteiger partial charge in [0.15, 0.2) is 18.3 Å². The van der Waals surface area contributed by atoms with Crippen LogP contribution in [0.5, 0.6) is 0 Å². The molecule has 0 N–H and O–H groups in total. The van der Waals surface area contributed by atoms with E-state index in [1.54, 1.807) is 42.5 Å². The highest BCUT2D eigenvalue weighted by molar-refractivity contribution is 7.16. The average Bonchev–Trinajstić information content (AvgIpc) is 3.30. The van der Waals surface area contributed by atoms with E-state index in [0.717, 1.165) is 18.7 Å². The number of thiophene rings is 1. The standard InChI is InChI=1S/C29H28ClFO9S/c1-14(32)36-13-23-27(37-15(2)33)29(39-17(4)35)28(38-16(3)34)26(40-23)22-12-18(11-19-9-10-24(30)41-19)25(31)21-8-6-5-7-20(21)22/h5-10,12,23,26-29H,11,13H2,1-4H3/t23-,26+,27-,28+,29+/m1/s1. The van der Waals surface area contributed by atoms with Crippen LogP contribution in [-0.4, -0.2) is 54.9 Å². The summed E-state index contributed by atoms with van der Waals surface area (Å²) in [6.45, 7) is 4.30. The van der Waals surface area contributed by atoms with Crippen LogP contribution in [0.4, 0.5) is 4.39 Å². The minimum Gasteiger partial charge on any atom is -0.463 e. The largest absolute Gasteiger partial charge is 0.463 e. The van der Waals surface area contributed by atoms with Crippen molar-refractivity contribution < 1.29 is 47.3 Å². The topological polar surface area (TPSA) is 114 Å². The number of hydrogen-bond acceptors (Lipinski definition) is 10. The third kappa shape index (κ3) is 7.22. The molecule has 0 spiro atoms. The number of esters is 4. The molecule has 0 aliphatic carbocycles. The Morgan fingerprint density at radius 3 is 2.05 bits per heavy atom. The lowest BCUT2D eigenvalue weighted by molar-refractivity contribution is -0.254. The molecule has 1 aromatic heterocycles. The third-order valence-corrected chi connectivity index (χ3v) is 7.61. The molecule has 5 atom stereocenters. The normalized spacial score (nSPS) is 22.1. The van der Waals surface area contributed by atoms with Crippen LogP contribution in [-0.2, 0) is 49.3 Å². The van der Waals surface area contributed by atoms with Crippen LogP contribution < -0.4 is 0 Å². The van der Waals surface area contributed by atoms with E-state index in [4.69, 9.17) is 35.3 Å². The van der Waals surface area contributed by atoms with Crippen LogP contribution in [0.2, 0.25) is 4.34 Å². The summed E-state index contributed by atoms with van der Waals surface area (Å²) in [5.74, 6) is -3.26. The van der Waals surface area contributed by atoms with Crippen molar-refractivity contribution >= 4 is 57.6 Å². The molecule has 0 bridgehead atoms. The molecule has 2 aromatic carbocycles. The van der Waals surface area contributed by atoms with Gasteiger partial charge in [-0.05, 0) is 34.7 Å². The lowest BCUT2D eigenvalue weighted by Gasteiger charge is -2.45. The third-order valence-electron chi connectivity index (χ3n) is 6.38. The Bertz CT molecular complexity index is 1470. The Balaban J connectivity index is 1.91. The van der Waals surface area contributed by atoms with Gasteiger partial charge in [-0.2, -0.15) is 0 Å². The molecular formula is C29H28ClFO9S. The fraction of sp³-hybridized carbons (Fsp3) is 0.379. The van der Waals surface area contributed by atoms with Crippen molar-refractivity contribution in [1.29, 1.82) is 0 Å². The lowest BCUT2D eigenvalue weighted by atomic mass is 9.86. The predicted molar refractivity (Wildman–Crippen MR) is 147 cm³/mol. The van der Waals surface area contributed by atoms with E-state index < -0.39 is 60.2 Å². The first-order chi connectivity index (χ1) is 19.4. The lowest BCUT2D eigenvalue weighted by Crippen LogP contribution is -2.59. The number of ether oxygens (including phenoxy) is 5. The molecule has 41 heavy (non-hydrogen) atoms. The first-order valence-electron chi connectivity index (χ1n) is 12.7. The van der Waals surface area contributed by atoms with Gasteiger partial charge in [-0.1, -0.05) is 35.9 Å². The van der Waals surface area contributed by atoms with Crippen LogP contribution >= 0.6 is 22.9 Å². The van der Waals surface area contributed by atoms with Gasteiger partial charge in [-0.3, -0.25) is 19.2 Å². The Hall–Kier alpha value is -3.54. The van der Waals surface area contributed by atoms with Gasteiger partial charge in [0.1, 0.15) is 24.6 Å². The van der Waals surface area contributed by atoms with Crippen molar-refractivity contribution in [3.05, 3.63) is 68.6 Å². The van der Waals surface area contributed by atoms with E-state index in [0.29, 0.717) is 20.8 Å². The Morgan fingerprint density at radius 1 is 0.854 bits per heavy atom. The monoisotopic (exact) mass is 606 g/mol. The van der Waals surface area contributed by atoms with E-state index in [1.807, 2.05) is 0 Å². The van der Waals surface area contributed by atoms with Crippen molar-refractivity contribution in [2.45, 2.75) is 64.6 Å². The summed E-state index contributed by atoms with van der Waals surface area (Å²) in [5.41, 5.74) is 0.752. The summed E-state index contributed by atoms with van der Waals surface area (Å²) >= 11 is 7.41. The maximum absolute atomic E-state index is 15.8. The molecule has 1 fully saturated rings. The Morgan fingerprint density at radius 2 is 1.46 bits per heavy atom. The van der Waals surface area contributed by atoms with E-state index in [-0.39, 0.29) is 18.4 Å². The summed E-state index contributed by atoms with van der Waals surface area (Å²) in [4.78, 5) is 49.1. The average molecular weight is 607 g/mol. The molecule has 218 valence electrons. The number of halogens is 2. The second-order valence-corrected chi connectivity index (χ2v) is 11.3. The zero-order valence-corrected chi connectivity index (χ0v) is 24.3. The smallest absolute Gasteiger partial charge is 0.303 e. The van der Waals surface area contributed by atoms with E-state index in [9.17, 15) is 19.2 Å². The molecular weight excluding hydrogens is 579 g/mol. The number of hydrogen-bond donors (Lipinski definition) is 0. The number of rotatable bonds is 8. The quantitative estimate of drug-likeness (QED) is 0.256. The first kappa shape index (κ1) is 30.4. The fourth-order valence-corrected chi connectivity index (χ4v) is 6.02. The number of fused-ring (bicyclic) bond motifs is 1. The van der Waals surface area contributed by atoms with Gasteiger partial charge in [0.2, 0.25) is 0 Å². The van der Waals surface area contributed by atoms with Crippen LogP contribution in [0.15, 0.2) is 42.5 Å². The van der Waals surface area contributed by atoms with Crippen molar-refractivity contribution in [3.63, 3.8) is 0 Å². The Kier molecular flexibility index (Phi) is 9.62. The van der Waals surface area contributed by atoms with Crippen molar-refractivity contribution in [3.8, 4) is 0 Å². The van der Waals surface area contributed by atoms with Gasteiger partial charge < -0.3 is 23.7 Å². The molecule has 12 heteroatoms. The summed E-state index contributed by atoms with van der Waals surface area (Å²) in [7, 11) is 0. The second kappa shape index (κ2) is 13.0. The van der Waals surface area contributed by atoms with E-state index >= 15 is 4.39 Å². The first-order valence-corrected chi connectivity index (χ1v) is 13.9. The van der Waals surface area contributed by atoms with Crippen LogP contribution in [0, 0.1) is 5.82 Å². The van der Waals surface area contributed by atoms with Gasteiger partial charge in [-0.15, -0.1) is 11.3 Å². The number of carbonyl (C=O) groups excluding carboxylic acids is 4. The molecule has 0 radical (unpaired) electrons. The highest BCUT2D eigenvalue weighted by Crippen LogP contribution is 2.42. The minimum atomic E-state index is -1.34. The van der Waals surface area contributed by atoms with Crippen LogP contribution in [0.1, 0.15) is 49.8 Å². The summed E-state index contributed by atoms with van der Waals surface area (Å²) in [6.07, 6.45) is -6.02. The van der Waals surface area contributed by atoms with Crippen molar-refractivity contribution in [2.75, 3.05) is 6.61 Å². The maximum Gasteiger partial charge on any atom is 0.303 e. The van der Waals surface area contributed by atoms with E-state index in [2.05, 4.69) is 0 Å². The van der Waals surface area contributed by atoms with Crippen molar-refractivity contribution in [2.24, 2.45) is 0 Å². The Labute approximate surface area is 244 Å². The number of carbonyl (C=O) groups is 4. The van der Waals surface area contributed by atoms with Crippen LogP contribution in [0.3, 0.4) is 0 Å². The molecule has 2 heterocycles. The molecule has 1 aliphatic rings. The highest BCUT2D eigenvalue weighted by Gasteiger charge is 2.53. The van der Waals surface area contributed by atoms with Gasteiger partial charge in [0, 0.05) is 44.4 Å². The fourth-order valence-electron chi connectivity index (χ4n) is 4.91. The molecule has 1 saturated heterocycles. The molecule has 9 nitrogen and oxygen atoms in total. The van der Waals surface area contributed by atoms with Gasteiger partial charge in [0.25, 0.3) is 0 Å². The SMILES string of the molecule is CC(=O)OC[C@H]1O[C@@H](c2cc(Cc3ccc(Cl)s3)c(F)c3ccccc23)[C@H](OC(C)=O)[C@@H](OC(C)=O)[C@@H]1OC(C)=O. The highest BCUT2D eigenvalue weighted by atomic mass is 35.5. The van der Waals surface area contributed by atoms with Gasteiger partial charge in [-0.25, -0.2) is 4.39 Å². The van der Waals surface area contributed by atoms with Crippen LogP contribution in [0.25, 0.3) is 10.8 Å². The molecule has 0 saturated carbocycles. The predicted octanol–water partition coefficient (Wildman–Crippen LogP) is 5.08. The summed E-state index contributed by atoms with van der Waals surface area (Å²) < 4.78 is 44.6. The zero-order valence-electron chi connectivity index (χ0n) is 22.7. The molecule has 4 rings (SSSR count). The minimum absolute atomic E-state index is 0.215. The summed E-state index contributed by atoms with van der Waals surface area (Å²) in [5, 5.41) is 0.745. The van der Waals surface area contributed by atoms with E-state index in [1.165, 1.54) is 25.2 Å². The summed E-state index contributed by atoms with van der Waals surface area (Å²) in [6, 6.07) is 11.8. The zero-order chi connectivity index (χ0) is 29.8. The number of benzene rings is 2. The van der Waals surface area contributed by atoms with Gasteiger partial charge >= 0.3 is 23.9 Å².